The molecule has 13 heavy (non-hydrogen) atoms. The Bertz CT molecular complexity index is 276. The number of carbonyl (C=O) groups is 1. The monoisotopic (exact) mass is 190 g/mol. The van der Waals surface area contributed by atoms with E-state index in [-0.39, 0.29) is 0 Å². The standard InChI is InChI=1S/C8H8F2O3/c1-8(9,10)6-4-5(7(11)12)2-3-13-6/h2-5H,1H3,(H,11,12)/t5-/m1/s1. The van der Waals surface area contributed by atoms with Crippen molar-refractivity contribution in [1.82, 2.24) is 0 Å². The number of carboxylic acids is 1. The highest BCUT2D eigenvalue weighted by molar-refractivity contribution is 5.74. The number of halogens is 2. The number of ether oxygens (including phenoxy) is 1. The van der Waals surface area contributed by atoms with E-state index in [9.17, 15) is 13.6 Å². The van der Waals surface area contributed by atoms with Crippen LogP contribution >= 0.6 is 0 Å². The zero-order valence-corrected chi connectivity index (χ0v) is 6.83. The number of carboxylic acid groups (broad SMARTS) is 1. The molecule has 3 nitrogen and oxygen atoms in total. The van der Waals surface area contributed by atoms with Crippen LogP contribution in [0, 0.1) is 5.92 Å². The molecule has 0 aromatic rings. The summed E-state index contributed by atoms with van der Waals surface area (Å²) in [5.41, 5.74) is 0. The summed E-state index contributed by atoms with van der Waals surface area (Å²) in [6, 6.07) is 0. The molecule has 1 aliphatic rings. The first-order chi connectivity index (χ1) is 5.91. The third-order valence-corrected chi connectivity index (χ3v) is 1.53. The number of hydrogen-bond acceptors (Lipinski definition) is 2. The molecule has 72 valence electrons. The van der Waals surface area contributed by atoms with Crippen LogP contribution in [-0.2, 0) is 9.53 Å². The van der Waals surface area contributed by atoms with Crippen molar-refractivity contribution < 1.29 is 23.4 Å². The van der Waals surface area contributed by atoms with E-state index in [1.807, 2.05) is 0 Å². The van der Waals surface area contributed by atoms with Gasteiger partial charge in [0.2, 0.25) is 0 Å². The molecule has 0 aromatic carbocycles. The lowest BCUT2D eigenvalue weighted by atomic mass is 10.1. The van der Waals surface area contributed by atoms with E-state index < -0.39 is 23.6 Å². The maximum Gasteiger partial charge on any atom is 0.314 e. The van der Waals surface area contributed by atoms with Gasteiger partial charge in [-0.3, -0.25) is 4.79 Å². The summed E-state index contributed by atoms with van der Waals surface area (Å²) in [7, 11) is 0. The fraction of sp³-hybridized carbons (Fsp3) is 0.375. The number of allylic oxidation sites excluding steroid dienone is 1. The maximum absolute atomic E-state index is 12.6. The van der Waals surface area contributed by atoms with Crippen molar-refractivity contribution >= 4 is 5.97 Å². The van der Waals surface area contributed by atoms with Gasteiger partial charge in [0.25, 0.3) is 0 Å². The van der Waals surface area contributed by atoms with Gasteiger partial charge in [-0.05, 0) is 12.2 Å². The molecule has 0 radical (unpaired) electrons. The largest absolute Gasteiger partial charge is 0.481 e. The first kappa shape index (κ1) is 9.70. The van der Waals surface area contributed by atoms with Gasteiger partial charge in [0.15, 0.2) is 5.76 Å². The van der Waals surface area contributed by atoms with Crippen molar-refractivity contribution in [3.8, 4) is 0 Å². The van der Waals surface area contributed by atoms with Crippen LogP contribution in [0.5, 0.6) is 0 Å². The Hall–Kier alpha value is -1.39. The predicted octanol–water partition coefficient (Wildman–Crippen LogP) is 1.77. The van der Waals surface area contributed by atoms with Crippen molar-refractivity contribution in [2.45, 2.75) is 12.8 Å². The topological polar surface area (TPSA) is 46.5 Å². The molecule has 1 rings (SSSR count). The summed E-state index contributed by atoms with van der Waals surface area (Å²) in [6.45, 7) is 0.650. The highest BCUT2D eigenvalue weighted by Crippen LogP contribution is 2.28. The fourth-order valence-corrected chi connectivity index (χ4v) is 0.859. The normalized spacial score (nSPS) is 22.1. The SMILES string of the molecule is CC(F)(F)C1=C[C@H](C(=O)O)C=CO1. The number of hydrogen-bond donors (Lipinski definition) is 1. The van der Waals surface area contributed by atoms with Crippen LogP contribution in [0.2, 0.25) is 0 Å². The molecular formula is C8H8F2O3. The Balaban J connectivity index is 2.85. The second kappa shape index (κ2) is 3.16. The Kier molecular flexibility index (Phi) is 2.36. The molecule has 0 saturated heterocycles. The summed E-state index contributed by atoms with van der Waals surface area (Å²) >= 11 is 0. The van der Waals surface area contributed by atoms with Gasteiger partial charge in [-0.15, -0.1) is 0 Å². The van der Waals surface area contributed by atoms with Crippen LogP contribution in [0.4, 0.5) is 8.78 Å². The van der Waals surface area contributed by atoms with Gasteiger partial charge < -0.3 is 9.84 Å². The van der Waals surface area contributed by atoms with E-state index in [2.05, 4.69) is 4.74 Å². The van der Waals surface area contributed by atoms with Crippen molar-refractivity contribution in [3.63, 3.8) is 0 Å². The summed E-state index contributed by atoms with van der Waals surface area (Å²) in [5.74, 6) is -5.98. The van der Waals surface area contributed by atoms with Gasteiger partial charge >= 0.3 is 11.9 Å². The van der Waals surface area contributed by atoms with E-state index in [1.54, 1.807) is 0 Å². The quantitative estimate of drug-likeness (QED) is 0.721. The van der Waals surface area contributed by atoms with Gasteiger partial charge in [-0.2, -0.15) is 8.78 Å². The van der Waals surface area contributed by atoms with Crippen LogP contribution in [-0.4, -0.2) is 17.0 Å². The summed E-state index contributed by atoms with van der Waals surface area (Å²) < 4.78 is 29.7. The first-order valence-electron chi connectivity index (χ1n) is 3.57. The maximum atomic E-state index is 12.6. The van der Waals surface area contributed by atoms with Crippen LogP contribution in [0.3, 0.4) is 0 Å². The predicted molar refractivity (Wildman–Crippen MR) is 40.1 cm³/mol. The molecule has 0 bridgehead atoms. The van der Waals surface area contributed by atoms with Crippen LogP contribution < -0.4 is 0 Å². The molecule has 0 spiro atoms. The van der Waals surface area contributed by atoms with Crippen molar-refractivity contribution in [3.05, 3.63) is 24.2 Å². The fourth-order valence-electron chi connectivity index (χ4n) is 0.859. The molecule has 0 unspecified atom stereocenters. The van der Waals surface area contributed by atoms with E-state index in [1.165, 1.54) is 6.08 Å². The van der Waals surface area contributed by atoms with E-state index in [4.69, 9.17) is 5.11 Å². The molecule has 5 heteroatoms. The summed E-state index contributed by atoms with van der Waals surface area (Å²) in [5, 5.41) is 8.53. The molecule has 0 amide bonds. The average molecular weight is 190 g/mol. The highest BCUT2D eigenvalue weighted by Gasteiger charge is 2.32. The molecule has 0 aliphatic carbocycles. The number of aliphatic carboxylic acids is 1. The van der Waals surface area contributed by atoms with Crippen LogP contribution in [0.25, 0.3) is 0 Å². The molecule has 1 heterocycles. The van der Waals surface area contributed by atoms with Gasteiger partial charge in [0, 0.05) is 6.92 Å². The summed E-state index contributed by atoms with van der Waals surface area (Å²) in [4.78, 5) is 10.4. The van der Waals surface area contributed by atoms with E-state index in [0.717, 1.165) is 12.3 Å². The van der Waals surface area contributed by atoms with Gasteiger partial charge in [0.05, 0.1) is 12.2 Å². The lowest BCUT2D eigenvalue weighted by Crippen LogP contribution is -2.21. The van der Waals surface area contributed by atoms with E-state index in [0.29, 0.717) is 6.92 Å². The minimum Gasteiger partial charge on any atom is -0.481 e. The van der Waals surface area contributed by atoms with Crippen LogP contribution in [0.15, 0.2) is 24.2 Å². The minimum absolute atomic E-state index is 0.623. The number of rotatable bonds is 2. The van der Waals surface area contributed by atoms with Crippen molar-refractivity contribution in [2.75, 3.05) is 0 Å². The third kappa shape index (κ3) is 2.27. The Labute approximate surface area is 73.3 Å². The zero-order valence-electron chi connectivity index (χ0n) is 6.83. The molecule has 1 N–H and O–H groups in total. The Morgan fingerprint density at radius 3 is 2.77 bits per heavy atom. The second-order valence-corrected chi connectivity index (χ2v) is 2.73. The van der Waals surface area contributed by atoms with E-state index >= 15 is 0 Å². The van der Waals surface area contributed by atoms with Crippen molar-refractivity contribution in [2.24, 2.45) is 5.92 Å². The molecular weight excluding hydrogens is 182 g/mol. The van der Waals surface area contributed by atoms with Gasteiger partial charge in [0.1, 0.15) is 0 Å². The summed E-state index contributed by atoms with van der Waals surface area (Å²) in [6.07, 6.45) is 3.05. The van der Waals surface area contributed by atoms with Crippen LogP contribution in [0.1, 0.15) is 6.92 Å². The molecule has 1 atom stereocenters. The van der Waals surface area contributed by atoms with Gasteiger partial charge in [-0.1, -0.05) is 0 Å². The molecule has 0 saturated carbocycles. The van der Waals surface area contributed by atoms with Gasteiger partial charge in [-0.25, -0.2) is 0 Å². The average Bonchev–Trinajstić information content (AvgIpc) is 2.03. The third-order valence-electron chi connectivity index (χ3n) is 1.53. The van der Waals surface area contributed by atoms with Crippen molar-refractivity contribution in [1.29, 1.82) is 0 Å². The lowest BCUT2D eigenvalue weighted by molar-refractivity contribution is -0.138. The highest BCUT2D eigenvalue weighted by atomic mass is 19.3. The Morgan fingerprint density at radius 2 is 2.31 bits per heavy atom. The molecule has 0 fully saturated rings. The molecule has 0 aromatic heterocycles. The first-order valence-corrected chi connectivity index (χ1v) is 3.57. The second-order valence-electron chi connectivity index (χ2n) is 2.73. The zero-order chi connectivity index (χ0) is 10.1. The molecule has 1 aliphatic heterocycles. The lowest BCUT2D eigenvalue weighted by Gasteiger charge is -2.18. The smallest absolute Gasteiger partial charge is 0.314 e. The Morgan fingerprint density at radius 1 is 1.69 bits per heavy atom. The minimum atomic E-state index is -3.14. The number of alkyl halides is 2.